The Kier molecular flexibility index (Phi) is 10.3. The molecule has 0 spiro atoms. The van der Waals surface area contributed by atoms with E-state index in [0.29, 0.717) is 56.1 Å². The number of aromatic nitrogens is 5. The third-order valence-electron chi connectivity index (χ3n) is 8.03. The number of amides is 3. The number of hydrogen-bond donors (Lipinski definition) is 5. The Hall–Kier alpha value is -5.74. The number of aryl methyl sites for hydroxylation is 1. The van der Waals surface area contributed by atoms with E-state index in [2.05, 4.69) is 31.0 Å². The second-order valence-corrected chi connectivity index (χ2v) is 11.2. The van der Waals surface area contributed by atoms with Crippen molar-refractivity contribution < 1.29 is 37.8 Å². The van der Waals surface area contributed by atoms with Crippen molar-refractivity contribution in [2.24, 2.45) is 0 Å². The Morgan fingerprint density at radius 1 is 1.16 bits per heavy atom. The standard InChI is InChI=1S/C29H30F3N11O3.CH2O2/c1-17-12-18(2-3-19(17)27(45)40-8-10-41(11-9-40)28(46)38-21-13-34-15-23(21)44)37-25-26-36-14-22(43(26)7-5-35-25)20-16-42(6-4-33)39-24(20)29(30,31)32;2-1-3/h2-3,5,7,12,14,16,21,23,34,44H,6,8-11,13,15H2,1H3,(H,35,37)(H,38,46);1H,(H,2,3)/t21-,23-;/m0./s1. The maximum Gasteiger partial charge on any atom is 0.435 e. The van der Waals surface area contributed by atoms with Crippen LogP contribution in [-0.2, 0) is 17.5 Å². The Labute approximate surface area is 276 Å². The van der Waals surface area contributed by atoms with Gasteiger partial charge in [0.05, 0.1) is 35.7 Å². The lowest BCUT2D eigenvalue weighted by Crippen LogP contribution is -2.56. The highest BCUT2D eigenvalue weighted by Crippen LogP contribution is 2.37. The van der Waals surface area contributed by atoms with E-state index in [1.165, 1.54) is 23.0 Å². The van der Waals surface area contributed by atoms with Crippen molar-refractivity contribution in [1.82, 2.24) is 44.6 Å². The normalized spacial score (nSPS) is 17.6. The summed E-state index contributed by atoms with van der Waals surface area (Å²) in [5, 5.41) is 38.3. The lowest BCUT2D eigenvalue weighted by molar-refractivity contribution is -0.141. The van der Waals surface area contributed by atoms with Crippen molar-refractivity contribution in [2.45, 2.75) is 31.8 Å². The second kappa shape index (κ2) is 14.6. The van der Waals surface area contributed by atoms with Crippen LogP contribution in [0.4, 0.5) is 29.5 Å². The smallest absolute Gasteiger partial charge is 0.435 e. The number of carboxylic acid groups (broad SMARTS) is 1. The first-order valence-corrected chi connectivity index (χ1v) is 15.0. The number of fused-ring (bicyclic) bond motifs is 1. The summed E-state index contributed by atoms with van der Waals surface area (Å²) in [6, 6.07) is 6.33. The zero-order valence-corrected chi connectivity index (χ0v) is 26.1. The maximum absolute atomic E-state index is 13.8. The molecule has 2 fully saturated rings. The number of benzene rings is 1. The topological polar surface area (TPSA) is 206 Å². The van der Waals surface area contributed by atoms with Crippen molar-refractivity contribution in [1.29, 1.82) is 5.26 Å². The predicted molar refractivity (Wildman–Crippen MR) is 167 cm³/mol. The van der Waals surface area contributed by atoms with E-state index in [1.807, 2.05) is 0 Å². The summed E-state index contributed by atoms with van der Waals surface area (Å²) in [5.74, 6) is 0.107. The molecule has 2 aliphatic rings. The van der Waals surface area contributed by atoms with E-state index in [9.17, 15) is 27.9 Å². The maximum atomic E-state index is 13.8. The summed E-state index contributed by atoms with van der Waals surface area (Å²) in [5.41, 5.74) is 0.801. The number of imidazole rings is 1. The van der Waals surface area contributed by atoms with Gasteiger partial charge in [-0.05, 0) is 30.7 Å². The summed E-state index contributed by atoms with van der Waals surface area (Å²) in [7, 11) is 0. The minimum Gasteiger partial charge on any atom is -0.483 e. The second-order valence-electron chi connectivity index (χ2n) is 11.2. The number of piperazine rings is 1. The highest BCUT2D eigenvalue weighted by molar-refractivity contribution is 5.96. The molecule has 2 atom stereocenters. The number of alkyl halides is 3. The number of carbonyl (C=O) groups excluding carboxylic acids is 2. The van der Waals surface area contributed by atoms with Crippen LogP contribution in [0.15, 0.2) is 43.0 Å². The van der Waals surface area contributed by atoms with Crippen LogP contribution in [0.2, 0.25) is 0 Å². The Bertz CT molecular complexity index is 1880. The number of hydrogen-bond acceptors (Lipinski definition) is 10. The first kappa shape index (κ1) is 34.6. The van der Waals surface area contributed by atoms with E-state index in [0.717, 1.165) is 10.9 Å². The minimum absolute atomic E-state index is 0.125. The number of rotatable bonds is 6. The van der Waals surface area contributed by atoms with E-state index in [4.69, 9.17) is 15.2 Å². The molecule has 5 N–H and O–H groups in total. The molecule has 0 saturated carbocycles. The number of carbonyl (C=O) groups is 3. The molecule has 0 radical (unpaired) electrons. The summed E-state index contributed by atoms with van der Waals surface area (Å²) in [6.07, 6.45) is -0.0229. The van der Waals surface area contributed by atoms with E-state index >= 15 is 0 Å². The molecule has 0 aliphatic carbocycles. The highest BCUT2D eigenvalue weighted by atomic mass is 19.4. The van der Waals surface area contributed by atoms with Crippen LogP contribution < -0.4 is 16.0 Å². The van der Waals surface area contributed by atoms with Gasteiger partial charge in [0.15, 0.2) is 17.2 Å². The summed E-state index contributed by atoms with van der Waals surface area (Å²) >= 11 is 0. The molecule has 2 aliphatic heterocycles. The number of nitrogens with one attached hydrogen (secondary N) is 3. The van der Waals surface area contributed by atoms with Crippen LogP contribution in [-0.4, -0.2) is 114 Å². The third kappa shape index (κ3) is 7.55. The van der Waals surface area contributed by atoms with Crippen molar-refractivity contribution in [3.8, 4) is 17.3 Å². The Morgan fingerprint density at radius 2 is 1.88 bits per heavy atom. The average Bonchev–Trinajstić information content (AvgIpc) is 3.80. The van der Waals surface area contributed by atoms with Gasteiger partial charge in [-0.3, -0.25) is 18.7 Å². The fraction of sp³-hybridized carbons (Fsp3) is 0.367. The van der Waals surface area contributed by atoms with Gasteiger partial charge in [-0.2, -0.15) is 23.5 Å². The average molecular weight is 684 g/mol. The number of urea groups is 1. The fourth-order valence-corrected chi connectivity index (χ4v) is 5.64. The van der Waals surface area contributed by atoms with Gasteiger partial charge in [-0.15, -0.1) is 0 Å². The molecular weight excluding hydrogens is 651 g/mol. The minimum atomic E-state index is -4.75. The van der Waals surface area contributed by atoms with Crippen molar-refractivity contribution in [3.63, 3.8) is 0 Å². The monoisotopic (exact) mass is 683 g/mol. The number of β-amino-alcohol motifs (C(OH)–C–C–N with tert-alkyl or cyclic N) is 1. The number of aliphatic hydroxyl groups is 1. The van der Waals surface area contributed by atoms with Gasteiger partial charge < -0.3 is 36.0 Å². The van der Waals surface area contributed by atoms with Gasteiger partial charge in [-0.1, -0.05) is 0 Å². The van der Waals surface area contributed by atoms with Crippen molar-refractivity contribution in [3.05, 3.63) is 59.8 Å². The van der Waals surface area contributed by atoms with Gasteiger partial charge in [0.2, 0.25) is 0 Å². The fourth-order valence-electron chi connectivity index (χ4n) is 5.64. The third-order valence-corrected chi connectivity index (χ3v) is 8.03. The van der Waals surface area contributed by atoms with E-state index in [1.54, 1.807) is 41.0 Å². The molecule has 6 rings (SSSR count). The summed E-state index contributed by atoms with van der Waals surface area (Å²) in [4.78, 5) is 46.3. The Morgan fingerprint density at radius 3 is 2.51 bits per heavy atom. The first-order chi connectivity index (χ1) is 23.4. The van der Waals surface area contributed by atoms with E-state index in [-0.39, 0.29) is 53.7 Å². The molecule has 49 heavy (non-hydrogen) atoms. The quantitative estimate of drug-likeness (QED) is 0.185. The molecule has 19 heteroatoms. The van der Waals surface area contributed by atoms with Gasteiger partial charge in [0.1, 0.15) is 6.54 Å². The predicted octanol–water partition coefficient (Wildman–Crippen LogP) is 1.69. The molecule has 1 aromatic carbocycles. The number of nitrogens with zero attached hydrogens (tertiary/aromatic N) is 8. The van der Waals surface area contributed by atoms with Crippen LogP contribution in [0.5, 0.6) is 0 Å². The van der Waals surface area contributed by atoms with Gasteiger partial charge in [0, 0.05) is 69.1 Å². The van der Waals surface area contributed by atoms with Crippen LogP contribution in [0.1, 0.15) is 21.6 Å². The molecule has 2 saturated heterocycles. The molecule has 0 bridgehead atoms. The molecule has 258 valence electrons. The molecule has 4 aromatic rings. The molecule has 3 amide bonds. The zero-order valence-electron chi connectivity index (χ0n) is 26.1. The molecule has 16 nitrogen and oxygen atoms in total. The SMILES string of the molecule is Cc1cc(Nc2nccn3c(-c4cn(CC#N)nc4C(F)(F)F)cnc23)ccc1C(=O)N1CCN(C(=O)N[C@H]2CNC[C@@H]2O)CC1.O=CO. The van der Waals surface area contributed by atoms with Gasteiger partial charge >= 0.3 is 12.2 Å². The zero-order chi connectivity index (χ0) is 35.3. The summed E-state index contributed by atoms with van der Waals surface area (Å²) in [6.45, 7) is 3.57. The van der Waals surface area contributed by atoms with E-state index < -0.39 is 18.0 Å². The number of halogens is 3. The van der Waals surface area contributed by atoms with Crippen molar-refractivity contribution in [2.75, 3.05) is 44.6 Å². The van der Waals surface area contributed by atoms with Crippen LogP contribution in [0.25, 0.3) is 16.9 Å². The number of anilines is 2. The lowest BCUT2D eigenvalue weighted by Gasteiger charge is -2.35. The number of nitriles is 1. The van der Waals surface area contributed by atoms with Crippen LogP contribution in [0, 0.1) is 18.3 Å². The largest absolute Gasteiger partial charge is 0.483 e. The van der Waals surface area contributed by atoms with Crippen LogP contribution in [0.3, 0.4) is 0 Å². The highest BCUT2D eigenvalue weighted by Gasteiger charge is 2.38. The number of aliphatic hydroxyl groups excluding tert-OH is 1. The van der Waals surface area contributed by atoms with Gasteiger partial charge in [0.25, 0.3) is 12.4 Å². The lowest BCUT2D eigenvalue weighted by atomic mass is 10.1. The van der Waals surface area contributed by atoms with Crippen molar-refractivity contribution >= 4 is 35.6 Å². The summed E-state index contributed by atoms with van der Waals surface area (Å²) < 4.78 is 43.7. The Balaban J connectivity index is 0.00000151. The molecule has 3 aromatic heterocycles. The molecular formula is C30H32F3N11O5. The van der Waals surface area contributed by atoms with Gasteiger partial charge in [-0.25, -0.2) is 14.8 Å². The molecule has 5 heterocycles. The first-order valence-electron chi connectivity index (χ1n) is 15.0. The van der Waals surface area contributed by atoms with Crippen LogP contribution >= 0.6 is 0 Å². The molecule has 0 unspecified atom stereocenters.